The number of fused-ring (bicyclic) bond motifs is 4. The van der Waals surface area contributed by atoms with Gasteiger partial charge in [-0.25, -0.2) is 14.2 Å². The number of hydrogen-bond donors (Lipinski definition) is 1. The van der Waals surface area contributed by atoms with E-state index in [0.29, 0.717) is 40.2 Å². The van der Waals surface area contributed by atoms with Crippen LogP contribution in [0, 0.1) is 5.82 Å². The number of H-pyrrole nitrogens is 1. The Morgan fingerprint density at radius 1 is 1.30 bits per heavy atom. The molecule has 0 radical (unpaired) electrons. The first-order chi connectivity index (χ1) is 13.2. The van der Waals surface area contributed by atoms with Gasteiger partial charge < -0.3 is 9.15 Å². The number of nitrogens with zero attached hydrogens (tertiary/aromatic N) is 3. The third kappa shape index (κ3) is 2.23. The first-order valence-corrected chi connectivity index (χ1v) is 8.35. The predicted octanol–water partition coefficient (Wildman–Crippen LogP) is 3.55. The van der Waals surface area contributed by atoms with Crippen LogP contribution in [0.4, 0.5) is 4.39 Å². The second-order valence-corrected chi connectivity index (χ2v) is 5.99. The molecule has 0 saturated carbocycles. The molecular formula is C19H13FN4O3. The highest BCUT2D eigenvalue weighted by Gasteiger charge is 2.18. The lowest BCUT2D eigenvalue weighted by molar-refractivity contribution is 0.343. The number of imidazole rings is 1. The monoisotopic (exact) mass is 364 g/mol. The van der Waals surface area contributed by atoms with E-state index in [9.17, 15) is 9.18 Å². The number of rotatable bonds is 3. The average molecular weight is 364 g/mol. The van der Waals surface area contributed by atoms with E-state index in [1.54, 1.807) is 30.6 Å². The van der Waals surface area contributed by atoms with E-state index in [4.69, 9.17) is 9.15 Å². The zero-order valence-corrected chi connectivity index (χ0v) is 14.2. The number of benzene rings is 1. The Hall–Kier alpha value is -3.68. The number of furan rings is 1. The summed E-state index contributed by atoms with van der Waals surface area (Å²) in [4.78, 5) is 23.6. The van der Waals surface area contributed by atoms with E-state index in [0.717, 1.165) is 5.39 Å². The van der Waals surface area contributed by atoms with Crippen LogP contribution < -0.4 is 10.4 Å². The molecule has 0 atom stereocenters. The summed E-state index contributed by atoms with van der Waals surface area (Å²) < 4.78 is 27.2. The first kappa shape index (κ1) is 15.6. The Morgan fingerprint density at radius 3 is 3.04 bits per heavy atom. The van der Waals surface area contributed by atoms with Gasteiger partial charge in [0.15, 0.2) is 11.5 Å². The maximum absolute atomic E-state index is 14.8. The zero-order chi connectivity index (χ0) is 18.5. The molecule has 1 aromatic carbocycles. The van der Waals surface area contributed by atoms with Crippen LogP contribution >= 0.6 is 0 Å². The van der Waals surface area contributed by atoms with Gasteiger partial charge in [-0.1, -0.05) is 0 Å². The van der Waals surface area contributed by atoms with Crippen molar-refractivity contribution in [2.75, 3.05) is 6.61 Å². The molecule has 4 aromatic heterocycles. The molecule has 0 spiro atoms. The highest BCUT2D eigenvalue weighted by Crippen LogP contribution is 2.30. The van der Waals surface area contributed by atoms with E-state index < -0.39 is 11.5 Å². The fourth-order valence-electron chi connectivity index (χ4n) is 3.31. The summed E-state index contributed by atoms with van der Waals surface area (Å²) in [7, 11) is 0. The van der Waals surface area contributed by atoms with Crippen molar-refractivity contribution in [3.63, 3.8) is 0 Å². The van der Waals surface area contributed by atoms with Crippen LogP contribution in [0.5, 0.6) is 5.75 Å². The molecule has 0 saturated heterocycles. The maximum atomic E-state index is 14.8. The fraction of sp³-hybridized carbons (Fsp3) is 0.105. The number of aromatic amines is 1. The predicted molar refractivity (Wildman–Crippen MR) is 97.9 cm³/mol. The molecule has 0 aliphatic rings. The topological polar surface area (TPSA) is 85.9 Å². The van der Waals surface area contributed by atoms with Gasteiger partial charge in [-0.3, -0.25) is 14.5 Å². The standard InChI is InChI=1S/C19H13FN4O3/c1-2-26-14-3-5-21-18-16(14)24(19(25)23-18)11-7-12-15(13(20)8-11)22-9-10-4-6-27-17(10)12/h3-9H,2H2,1H3,(H,21,23,25). The fourth-order valence-corrected chi connectivity index (χ4v) is 3.31. The molecule has 5 aromatic rings. The van der Waals surface area contributed by atoms with Gasteiger partial charge in [0.2, 0.25) is 0 Å². The Labute approximate surface area is 151 Å². The number of hydrogen-bond acceptors (Lipinski definition) is 5. The summed E-state index contributed by atoms with van der Waals surface area (Å²) in [5.74, 6) is -0.0698. The van der Waals surface area contributed by atoms with Crippen LogP contribution in [-0.4, -0.2) is 26.1 Å². The molecular weight excluding hydrogens is 351 g/mol. The molecule has 0 bridgehead atoms. The SMILES string of the molecule is CCOc1ccnc2[nH]c(=O)n(-c3cc(F)c4ncc5ccoc5c4c3)c12. The lowest BCUT2D eigenvalue weighted by atomic mass is 10.1. The summed E-state index contributed by atoms with van der Waals surface area (Å²) in [6.07, 6.45) is 4.62. The summed E-state index contributed by atoms with van der Waals surface area (Å²) in [6, 6.07) is 6.36. The van der Waals surface area contributed by atoms with Crippen molar-refractivity contribution in [3.05, 3.63) is 59.2 Å². The Bertz CT molecular complexity index is 1380. The minimum atomic E-state index is -0.552. The number of pyridine rings is 2. The van der Waals surface area contributed by atoms with Crippen LogP contribution in [-0.2, 0) is 0 Å². The average Bonchev–Trinajstić information content (AvgIpc) is 3.26. The molecule has 1 N–H and O–H groups in total. The number of aromatic nitrogens is 4. The van der Waals surface area contributed by atoms with Gasteiger partial charge in [0, 0.05) is 35.3 Å². The molecule has 7 nitrogen and oxygen atoms in total. The molecule has 4 heterocycles. The van der Waals surface area contributed by atoms with Gasteiger partial charge >= 0.3 is 5.69 Å². The molecule has 134 valence electrons. The van der Waals surface area contributed by atoms with Crippen molar-refractivity contribution in [2.24, 2.45) is 0 Å². The highest BCUT2D eigenvalue weighted by atomic mass is 19.1. The molecule has 0 amide bonds. The summed E-state index contributed by atoms with van der Waals surface area (Å²) >= 11 is 0. The molecule has 0 fully saturated rings. The minimum absolute atomic E-state index is 0.178. The van der Waals surface area contributed by atoms with Crippen LogP contribution in [0.2, 0.25) is 0 Å². The Kier molecular flexibility index (Phi) is 3.27. The zero-order valence-electron chi connectivity index (χ0n) is 14.2. The number of nitrogens with one attached hydrogen (secondary N) is 1. The lowest BCUT2D eigenvalue weighted by Crippen LogP contribution is -2.15. The van der Waals surface area contributed by atoms with E-state index in [1.807, 2.05) is 6.92 Å². The third-order valence-corrected chi connectivity index (χ3v) is 4.42. The summed E-state index contributed by atoms with van der Waals surface area (Å²) in [5.41, 5.74) is 1.39. The second-order valence-electron chi connectivity index (χ2n) is 5.99. The van der Waals surface area contributed by atoms with Crippen molar-refractivity contribution in [2.45, 2.75) is 6.92 Å². The second kappa shape index (κ2) is 5.66. The van der Waals surface area contributed by atoms with Crippen molar-refractivity contribution >= 4 is 33.0 Å². The van der Waals surface area contributed by atoms with E-state index in [-0.39, 0.29) is 5.52 Å². The van der Waals surface area contributed by atoms with Crippen molar-refractivity contribution in [3.8, 4) is 11.4 Å². The molecule has 5 rings (SSSR count). The lowest BCUT2D eigenvalue weighted by Gasteiger charge is -2.09. The van der Waals surface area contributed by atoms with Crippen LogP contribution in [0.1, 0.15) is 6.92 Å². The molecule has 27 heavy (non-hydrogen) atoms. The van der Waals surface area contributed by atoms with E-state index in [2.05, 4.69) is 15.0 Å². The van der Waals surface area contributed by atoms with Gasteiger partial charge in [0.05, 0.1) is 18.6 Å². The van der Waals surface area contributed by atoms with E-state index >= 15 is 0 Å². The minimum Gasteiger partial charge on any atom is -0.491 e. The molecule has 8 heteroatoms. The number of ether oxygens (including phenoxy) is 1. The normalized spacial score (nSPS) is 11.6. The van der Waals surface area contributed by atoms with Gasteiger partial charge in [-0.15, -0.1) is 0 Å². The van der Waals surface area contributed by atoms with Crippen molar-refractivity contribution in [1.29, 1.82) is 0 Å². The van der Waals surface area contributed by atoms with E-state index in [1.165, 1.54) is 16.9 Å². The molecule has 0 unspecified atom stereocenters. The maximum Gasteiger partial charge on any atom is 0.332 e. The molecule has 0 aliphatic carbocycles. The first-order valence-electron chi connectivity index (χ1n) is 8.35. The van der Waals surface area contributed by atoms with Gasteiger partial charge in [0.25, 0.3) is 0 Å². The van der Waals surface area contributed by atoms with Crippen molar-refractivity contribution in [1.82, 2.24) is 19.5 Å². The largest absolute Gasteiger partial charge is 0.491 e. The van der Waals surface area contributed by atoms with Gasteiger partial charge in [-0.2, -0.15) is 0 Å². The number of halogens is 1. The highest BCUT2D eigenvalue weighted by molar-refractivity contribution is 6.03. The van der Waals surface area contributed by atoms with Crippen LogP contribution in [0.15, 0.2) is 52.1 Å². The Balaban J connectivity index is 1.89. The third-order valence-electron chi connectivity index (χ3n) is 4.42. The van der Waals surface area contributed by atoms with Crippen LogP contribution in [0.25, 0.3) is 38.7 Å². The molecule has 0 aliphatic heterocycles. The van der Waals surface area contributed by atoms with Crippen LogP contribution in [0.3, 0.4) is 0 Å². The summed E-state index contributed by atoms with van der Waals surface area (Å²) in [6.45, 7) is 2.26. The summed E-state index contributed by atoms with van der Waals surface area (Å²) in [5, 5.41) is 1.23. The van der Waals surface area contributed by atoms with Gasteiger partial charge in [0.1, 0.15) is 22.4 Å². The Morgan fingerprint density at radius 2 is 2.19 bits per heavy atom. The smallest absolute Gasteiger partial charge is 0.332 e. The quantitative estimate of drug-likeness (QED) is 0.529. The van der Waals surface area contributed by atoms with Gasteiger partial charge in [-0.05, 0) is 19.1 Å². The van der Waals surface area contributed by atoms with Crippen molar-refractivity contribution < 1.29 is 13.5 Å².